The Kier molecular flexibility index (Phi) is 7.49. The molecule has 1 aliphatic heterocycles. The molecule has 6 nitrogen and oxygen atoms in total. The van der Waals surface area contributed by atoms with Crippen molar-refractivity contribution < 1.29 is 14.3 Å². The fourth-order valence-electron chi connectivity index (χ4n) is 3.94. The van der Waals surface area contributed by atoms with Crippen LogP contribution in [-0.2, 0) is 4.79 Å². The second-order valence-electron chi connectivity index (χ2n) is 7.28. The molecular weight excluding hydrogens is 366 g/mol. The summed E-state index contributed by atoms with van der Waals surface area (Å²) in [5.41, 5.74) is 8.00. The van der Waals surface area contributed by atoms with Gasteiger partial charge in [-0.25, -0.2) is 0 Å². The van der Waals surface area contributed by atoms with Crippen molar-refractivity contribution in [1.29, 1.82) is 0 Å². The number of anilines is 1. The number of nitrogens with zero attached hydrogens (tertiary/aromatic N) is 1. The minimum atomic E-state index is -0.0407. The van der Waals surface area contributed by atoms with Gasteiger partial charge >= 0.3 is 0 Å². The van der Waals surface area contributed by atoms with Crippen molar-refractivity contribution in [2.75, 3.05) is 44.7 Å². The van der Waals surface area contributed by atoms with E-state index in [1.165, 1.54) is 5.56 Å². The molecular formula is C23H31N3O3. The topological polar surface area (TPSA) is 76.8 Å². The monoisotopic (exact) mass is 397 g/mol. The van der Waals surface area contributed by atoms with Crippen LogP contribution in [-0.4, -0.2) is 50.2 Å². The van der Waals surface area contributed by atoms with Gasteiger partial charge in [0.1, 0.15) is 0 Å². The molecule has 0 aromatic heterocycles. The molecule has 0 aliphatic carbocycles. The number of nitrogens with one attached hydrogen (secondary N) is 1. The normalized spacial score (nSPS) is 19.1. The van der Waals surface area contributed by atoms with Crippen molar-refractivity contribution in [2.24, 2.45) is 11.7 Å². The quantitative estimate of drug-likeness (QED) is 0.680. The maximum Gasteiger partial charge on any atom is 0.238 e. The standard InChI is InChI=1S/C23H31N3O3/c1-3-28-21-11-10-19(12-22(21)29-4-2)25-23(27)16-26-14-18(13-24)20(15-26)17-8-6-5-7-9-17/h5-12,18,20H,3-4,13-16,24H2,1-2H3,(H,25,27)/t18-,20+/m1/s1. The third-order valence-electron chi connectivity index (χ3n) is 5.24. The molecule has 2 atom stereocenters. The van der Waals surface area contributed by atoms with Crippen LogP contribution in [0.4, 0.5) is 5.69 Å². The zero-order valence-electron chi connectivity index (χ0n) is 17.3. The number of carbonyl (C=O) groups excluding carboxylic acids is 1. The third-order valence-corrected chi connectivity index (χ3v) is 5.24. The molecule has 1 heterocycles. The SMILES string of the molecule is CCOc1ccc(NC(=O)CN2C[C@@H](CN)[C@H](c3ccccc3)C2)cc1OCC. The summed E-state index contributed by atoms with van der Waals surface area (Å²) in [6.07, 6.45) is 0. The van der Waals surface area contributed by atoms with Gasteiger partial charge in [-0.05, 0) is 44.0 Å². The van der Waals surface area contributed by atoms with E-state index in [0.29, 0.717) is 55.3 Å². The molecule has 0 spiro atoms. The van der Waals surface area contributed by atoms with Crippen LogP contribution in [0, 0.1) is 5.92 Å². The molecule has 2 aromatic carbocycles. The van der Waals surface area contributed by atoms with E-state index in [9.17, 15) is 4.79 Å². The largest absolute Gasteiger partial charge is 0.490 e. The first-order chi connectivity index (χ1) is 14.1. The van der Waals surface area contributed by atoms with Crippen LogP contribution < -0.4 is 20.5 Å². The molecule has 1 amide bonds. The lowest BCUT2D eigenvalue weighted by atomic mass is 9.89. The number of hydrogen-bond donors (Lipinski definition) is 2. The highest BCUT2D eigenvalue weighted by Gasteiger charge is 2.33. The van der Waals surface area contributed by atoms with Gasteiger partial charge in [-0.1, -0.05) is 30.3 Å². The average molecular weight is 398 g/mol. The van der Waals surface area contributed by atoms with Crippen LogP contribution in [0.15, 0.2) is 48.5 Å². The fraction of sp³-hybridized carbons (Fsp3) is 0.435. The van der Waals surface area contributed by atoms with Crippen molar-refractivity contribution in [2.45, 2.75) is 19.8 Å². The Morgan fingerprint density at radius 1 is 1.07 bits per heavy atom. The van der Waals surface area contributed by atoms with Gasteiger partial charge in [0.05, 0.1) is 19.8 Å². The summed E-state index contributed by atoms with van der Waals surface area (Å²) in [6.45, 7) is 7.58. The lowest BCUT2D eigenvalue weighted by molar-refractivity contribution is -0.117. The van der Waals surface area contributed by atoms with Crippen molar-refractivity contribution in [3.63, 3.8) is 0 Å². The van der Waals surface area contributed by atoms with Crippen LogP contribution in [0.2, 0.25) is 0 Å². The highest BCUT2D eigenvalue weighted by Crippen LogP contribution is 2.32. The van der Waals surface area contributed by atoms with E-state index >= 15 is 0 Å². The average Bonchev–Trinajstić information content (AvgIpc) is 3.13. The van der Waals surface area contributed by atoms with Crippen LogP contribution in [0.5, 0.6) is 11.5 Å². The Balaban J connectivity index is 1.61. The molecule has 0 radical (unpaired) electrons. The van der Waals surface area contributed by atoms with Gasteiger partial charge in [0.25, 0.3) is 0 Å². The molecule has 0 unspecified atom stereocenters. The van der Waals surface area contributed by atoms with Crippen molar-refractivity contribution in [3.05, 3.63) is 54.1 Å². The van der Waals surface area contributed by atoms with Gasteiger partial charge in [-0.2, -0.15) is 0 Å². The number of rotatable bonds is 9. The Morgan fingerprint density at radius 3 is 2.48 bits per heavy atom. The summed E-state index contributed by atoms with van der Waals surface area (Å²) in [4.78, 5) is 14.8. The molecule has 1 saturated heterocycles. The molecule has 156 valence electrons. The predicted octanol–water partition coefficient (Wildman–Crippen LogP) is 3.10. The van der Waals surface area contributed by atoms with Crippen LogP contribution in [0.25, 0.3) is 0 Å². The lowest BCUT2D eigenvalue weighted by Crippen LogP contribution is -2.32. The second-order valence-corrected chi connectivity index (χ2v) is 7.28. The minimum absolute atomic E-state index is 0.0407. The lowest BCUT2D eigenvalue weighted by Gasteiger charge is -2.17. The number of likely N-dealkylation sites (tertiary alicyclic amines) is 1. The molecule has 6 heteroatoms. The van der Waals surface area contributed by atoms with Gasteiger partial charge < -0.3 is 20.5 Å². The Bertz CT molecular complexity index is 797. The highest BCUT2D eigenvalue weighted by atomic mass is 16.5. The van der Waals surface area contributed by atoms with E-state index < -0.39 is 0 Å². The zero-order chi connectivity index (χ0) is 20.6. The van der Waals surface area contributed by atoms with E-state index in [-0.39, 0.29) is 5.91 Å². The van der Waals surface area contributed by atoms with E-state index in [1.807, 2.05) is 38.1 Å². The Hall–Kier alpha value is -2.57. The molecule has 1 aliphatic rings. The van der Waals surface area contributed by atoms with Crippen LogP contribution in [0.1, 0.15) is 25.3 Å². The maximum absolute atomic E-state index is 12.6. The fourth-order valence-corrected chi connectivity index (χ4v) is 3.94. The van der Waals surface area contributed by atoms with Gasteiger partial charge in [0.15, 0.2) is 11.5 Å². The number of benzene rings is 2. The second kappa shape index (κ2) is 10.3. The zero-order valence-corrected chi connectivity index (χ0v) is 17.3. The third kappa shape index (κ3) is 5.49. The van der Waals surface area contributed by atoms with E-state index in [4.69, 9.17) is 15.2 Å². The number of amides is 1. The van der Waals surface area contributed by atoms with Crippen LogP contribution in [0.3, 0.4) is 0 Å². The van der Waals surface area contributed by atoms with E-state index in [2.05, 4.69) is 34.5 Å². The molecule has 0 bridgehead atoms. The van der Waals surface area contributed by atoms with Gasteiger partial charge in [0, 0.05) is 30.8 Å². The molecule has 29 heavy (non-hydrogen) atoms. The number of carbonyl (C=O) groups is 1. The predicted molar refractivity (Wildman–Crippen MR) is 116 cm³/mol. The summed E-state index contributed by atoms with van der Waals surface area (Å²) in [7, 11) is 0. The molecule has 1 fully saturated rings. The maximum atomic E-state index is 12.6. The first-order valence-electron chi connectivity index (χ1n) is 10.3. The smallest absolute Gasteiger partial charge is 0.238 e. The summed E-state index contributed by atoms with van der Waals surface area (Å²) in [5, 5.41) is 2.98. The minimum Gasteiger partial charge on any atom is -0.490 e. The molecule has 0 saturated carbocycles. The van der Waals surface area contributed by atoms with Crippen LogP contribution >= 0.6 is 0 Å². The van der Waals surface area contributed by atoms with Crippen molar-refractivity contribution in [1.82, 2.24) is 4.90 Å². The van der Waals surface area contributed by atoms with Gasteiger partial charge in [-0.3, -0.25) is 9.69 Å². The Labute approximate surface area is 173 Å². The molecule has 3 N–H and O–H groups in total. The van der Waals surface area contributed by atoms with E-state index in [1.54, 1.807) is 0 Å². The summed E-state index contributed by atoms with van der Waals surface area (Å²) >= 11 is 0. The first kappa shape index (κ1) is 21.1. The highest BCUT2D eigenvalue weighted by molar-refractivity contribution is 5.92. The molecule has 2 aromatic rings. The summed E-state index contributed by atoms with van der Waals surface area (Å²) < 4.78 is 11.2. The number of ether oxygens (including phenoxy) is 2. The molecule has 3 rings (SSSR count). The first-order valence-corrected chi connectivity index (χ1v) is 10.3. The van der Waals surface area contributed by atoms with E-state index in [0.717, 1.165) is 13.1 Å². The van der Waals surface area contributed by atoms with Crippen molar-refractivity contribution in [3.8, 4) is 11.5 Å². The van der Waals surface area contributed by atoms with Crippen molar-refractivity contribution >= 4 is 11.6 Å². The van der Waals surface area contributed by atoms with Gasteiger partial charge in [-0.15, -0.1) is 0 Å². The van der Waals surface area contributed by atoms with Gasteiger partial charge in [0.2, 0.25) is 5.91 Å². The summed E-state index contributed by atoms with van der Waals surface area (Å²) in [6, 6.07) is 15.9. The number of nitrogens with two attached hydrogens (primary N) is 1. The number of hydrogen-bond acceptors (Lipinski definition) is 5. The summed E-state index contributed by atoms with van der Waals surface area (Å²) in [5.74, 6) is 2.01. The Morgan fingerprint density at radius 2 is 1.79 bits per heavy atom.